The highest BCUT2D eigenvalue weighted by atomic mass is 32.1. The van der Waals surface area contributed by atoms with Gasteiger partial charge in [-0.3, -0.25) is 0 Å². The molecule has 1 saturated carbocycles. The third-order valence-electron chi connectivity index (χ3n) is 4.30. The van der Waals surface area contributed by atoms with Crippen LogP contribution in [0, 0.1) is 0 Å². The summed E-state index contributed by atoms with van der Waals surface area (Å²) in [6, 6.07) is 13.6. The van der Waals surface area contributed by atoms with Crippen LogP contribution in [-0.2, 0) is 16.7 Å². The first kappa shape index (κ1) is 16.5. The highest BCUT2D eigenvalue weighted by Gasteiger charge is 2.44. The second-order valence-corrected chi connectivity index (χ2v) is 7.11. The molecule has 0 saturated heterocycles. The van der Waals surface area contributed by atoms with Crippen molar-refractivity contribution in [1.29, 1.82) is 0 Å². The first-order chi connectivity index (χ1) is 11.6. The molecule has 0 spiro atoms. The van der Waals surface area contributed by atoms with Crippen molar-refractivity contribution in [2.45, 2.75) is 24.8 Å². The molecule has 5 nitrogen and oxygen atoms in total. The van der Waals surface area contributed by atoms with Gasteiger partial charge in [0.05, 0.1) is 13.7 Å². The molecule has 0 unspecified atom stereocenters. The van der Waals surface area contributed by atoms with Crippen molar-refractivity contribution in [3.8, 4) is 0 Å². The monoisotopic (exact) mass is 344 g/mol. The molecule has 0 atom stereocenters. The zero-order chi connectivity index (χ0) is 17.0. The smallest absolute Gasteiger partial charge is 0.348 e. The van der Waals surface area contributed by atoms with Crippen LogP contribution in [0.4, 0.5) is 4.79 Å². The minimum Gasteiger partial charge on any atom is -0.465 e. The van der Waals surface area contributed by atoms with Crippen LogP contribution in [0.15, 0.2) is 42.5 Å². The van der Waals surface area contributed by atoms with Crippen LogP contribution < -0.4 is 10.6 Å². The predicted molar refractivity (Wildman–Crippen MR) is 93.3 cm³/mol. The first-order valence-electron chi connectivity index (χ1n) is 7.87. The van der Waals surface area contributed by atoms with Gasteiger partial charge in [0, 0.05) is 16.8 Å². The third kappa shape index (κ3) is 3.76. The van der Waals surface area contributed by atoms with Gasteiger partial charge in [0.25, 0.3) is 0 Å². The van der Waals surface area contributed by atoms with Crippen LogP contribution in [0.5, 0.6) is 0 Å². The lowest BCUT2D eigenvalue weighted by molar-refractivity contribution is 0.0606. The van der Waals surface area contributed by atoms with E-state index in [4.69, 9.17) is 0 Å². The molecule has 1 aliphatic carbocycles. The molecule has 126 valence electrons. The number of hydrogen-bond acceptors (Lipinski definition) is 4. The fourth-order valence-electron chi connectivity index (χ4n) is 2.67. The summed E-state index contributed by atoms with van der Waals surface area (Å²) in [6.07, 6.45) is 2.20. The van der Waals surface area contributed by atoms with Gasteiger partial charge in [0.2, 0.25) is 0 Å². The number of benzene rings is 1. The number of carbonyl (C=O) groups excluding carboxylic acids is 2. The molecular formula is C18H20N2O3S. The van der Waals surface area contributed by atoms with Crippen molar-refractivity contribution >= 4 is 23.3 Å². The Kier molecular flexibility index (Phi) is 4.85. The minimum absolute atomic E-state index is 0.0968. The number of thiophene rings is 1. The van der Waals surface area contributed by atoms with Gasteiger partial charge in [-0.2, -0.15) is 0 Å². The third-order valence-corrected chi connectivity index (χ3v) is 5.36. The fraction of sp³-hybridized carbons (Fsp3) is 0.333. The lowest BCUT2D eigenvalue weighted by Crippen LogP contribution is -2.39. The molecule has 2 amide bonds. The zero-order valence-electron chi connectivity index (χ0n) is 13.5. The van der Waals surface area contributed by atoms with Crippen molar-refractivity contribution in [2.24, 2.45) is 0 Å². The van der Waals surface area contributed by atoms with Crippen LogP contribution in [0.3, 0.4) is 0 Å². The van der Waals surface area contributed by atoms with Crippen molar-refractivity contribution in [2.75, 3.05) is 13.7 Å². The molecule has 1 heterocycles. The van der Waals surface area contributed by atoms with E-state index in [0.717, 1.165) is 17.7 Å². The van der Waals surface area contributed by atoms with E-state index in [-0.39, 0.29) is 17.4 Å². The molecule has 3 rings (SSSR count). The molecule has 1 aliphatic rings. The van der Waals surface area contributed by atoms with Crippen molar-refractivity contribution in [3.05, 3.63) is 57.8 Å². The molecular weight excluding hydrogens is 324 g/mol. The minimum atomic E-state index is -0.353. The van der Waals surface area contributed by atoms with Gasteiger partial charge in [0.15, 0.2) is 0 Å². The zero-order valence-corrected chi connectivity index (χ0v) is 14.3. The molecule has 2 aromatic rings. The normalized spacial score (nSPS) is 14.7. The summed E-state index contributed by atoms with van der Waals surface area (Å²) >= 11 is 1.32. The van der Waals surface area contributed by atoms with Gasteiger partial charge in [-0.05, 0) is 30.5 Å². The highest BCUT2D eigenvalue weighted by Crippen LogP contribution is 2.47. The molecule has 6 heteroatoms. The standard InChI is InChI=1S/C18H20N2O3S/c1-23-16(21)15-8-7-14(24-15)11-19-17(22)20-12-18(9-10-18)13-5-3-2-4-6-13/h2-8H,9-12H2,1H3,(H2,19,20,22). The van der Waals surface area contributed by atoms with Gasteiger partial charge >= 0.3 is 12.0 Å². The van der Waals surface area contributed by atoms with E-state index < -0.39 is 0 Å². The van der Waals surface area contributed by atoms with Crippen molar-refractivity contribution in [3.63, 3.8) is 0 Å². The number of rotatable bonds is 6. The Balaban J connectivity index is 1.47. The Labute approximate surface area is 145 Å². The summed E-state index contributed by atoms with van der Waals surface area (Å²) in [6.45, 7) is 1.03. The van der Waals surface area contributed by atoms with E-state index in [1.54, 1.807) is 6.07 Å². The summed E-state index contributed by atoms with van der Waals surface area (Å²) in [7, 11) is 1.36. The van der Waals surface area contributed by atoms with E-state index in [9.17, 15) is 9.59 Å². The number of ether oxygens (including phenoxy) is 1. The lowest BCUT2D eigenvalue weighted by atomic mass is 9.96. The SMILES string of the molecule is COC(=O)c1ccc(CNC(=O)NCC2(c3ccccc3)CC2)s1. The maximum atomic E-state index is 12.0. The summed E-state index contributed by atoms with van der Waals surface area (Å²) in [5.74, 6) is -0.353. The van der Waals surface area contributed by atoms with E-state index in [0.29, 0.717) is 18.0 Å². The average Bonchev–Trinajstić information content (AvgIpc) is 3.27. The number of amides is 2. The van der Waals surface area contributed by atoms with E-state index in [1.807, 2.05) is 24.3 Å². The van der Waals surface area contributed by atoms with Gasteiger partial charge in [-0.1, -0.05) is 30.3 Å². The quantitative estimate of drug-likeness (QED) is 0.792. The molecule has 24 heavy (non-hydrogen) atoms. The van der Waals surface area contributed by atoms with Crippen LogP contribution in [0.2, 0.25) is 0 Å². The summed E-state index contributed by atoms with van der Waals surface area (Å²) in [5.41, 5.74) is 1.38. The number of carbonyl (C=O) groups is 2. The second kappa shape index (κ2) is 7.05. The Bertz CT molecular complexity index is 723. The Morgan fingerprint density at radius 1 is 1.12 bits per heavy atom. The van der Waals surface area contributed by atoms with Gasteiger partial charge in [0.1, 0.15) is 4.88 Å². The maximum Gasteiger partial charge on any atom is 0.348 e. The fourth-order valence-corrected chi connectivity index (χ4v) is 3.54. The van der Waals surface area contributed by atoms with Gasteiger partial charge in [-0.15, -0.1) is 11.3 Å². The van der Waals surface area contributed by atoms with Crippen LogP contribution in [0.1, 0.15) is 33.0 Å². The number of urea groups is 1. The average molecular weight is 344 g/mol. The number of methoxy groups -OCH3 is 1. The maximum absolute atomic E-state index is 12.0. The Hall–Kier alpha value is -2.34. The van der Waals surface area contributed by atoms with Crippen LogP contribution >= 0.6 is 11.3 Å². The summed E-state index contributed by atoms with van der Waals surface area (Å²) < 4.78 is 4.67. The van der Waals surface area contributed by atoms with Crippen LogP contribution in [0.25, 0.3) is 0 Å². The molecule has 1 aromatic carbocycles. The van der Waals surface area contributed by atoms with Crippen molar-refractivity contribution in [1.82, 2.24) is 10.6 Å². The number of nitrogens with one attached hydrogen (secondary N) is 2. The highest BCUT2D eigenvalue weighted by molar-refractivity contribution is 7.13. The topological polar surface area (TPSA) is 67.4 Å². The molecule has 0 aliphatic heterocycles. The predicted octanol–water partition coefficient (Wildman–Crippen LogP) is 3.07. The number of hydrogen-bond donors (Lipinski definition) is 2. The van der Waals surface area contributed by atoms with E-state index in [1.165, 1.54) is 24.0 Å². The van der Waals surface area contributed by atoms with Gasteiger partial charge in [-0.25, -0.2) is 9.59 Å². The largest absolute Gasteiger partial charge is 0.465 e. The molecule has 0 radical (unpaired) electrons. The second-order valence-electron chi connectivity index (χ2n) is 5.94. The van der Waals surface area contributed by atoms with E-state index >= 15 is 0 Å². The van der Waals surface area contributed by atoms with E-state index in [2.05, 4.69) is 27.5 Å². The van der Waals surface area contributed by atoms with Gasteiger partial charge < -0.3 is 15.4 Å². The molecule has 0 bridgehead atoms. The Morgan fingerprint density at radius 3 is 2.54 bits per heavy atom. The Morgan fingerprint density at radius 2 is 1.88 bits per heavy atom. The lowest BCUT2D eigenvalue weighted by Gasteiger charge is -2.16. The number of esters is 1. The first-order valence-corrected chi connectivity index (χ1v) is 8.69. The van der Waals surface area contributed by atoms with Crippen molar-refractivity contribution < 1.29 is 14.3 Å². The van der Waals surface area contributed by atoms with Crippen LogP contribution in [-0.4, -0.2) is 25.7 Å². The molecule has 2 N–H and O–H groups in total. The summed E-state index contributed by atoms with van der Waals surface area (Å²) in [4.78, 5) is 24.9. The summed E-state index contributed by atoms with van der Waals surface area (Å²) in [5, 5.41) is 5.79. The molecule has 1 fully saturated rings. The molecule has 1 aromatic heterocycles.